The lowest BCUT2D eigenvalue weighted by molar-refractivity contribution is 0.474. The molecule has 0 aliphatic rings. The third kappa shape index (κ3) is 4.34. The lowest BCUT2D eigenvalue weighted by Gasteiger charge is -2.29. The Kier molecular flexibility index (Phi) is 5.56. The van der Waals surface area contributed by atoms with E-state index in [0.717, 1.165) is 17.1 Å². The fourth-order valence-electron chi connectivity index (χ4n) is 3.91. The number of nitrogens with zero attached hydrogens (tertiary/aromatic N) is 1. The fraction of sp³-hybridized carbons (Fsp3) is 0.172. The summed E-state index contributed by atoms with van der Waals surface area (Å²) in [6, 6.07) is 33.6. The lowest BCUT2D eigenvalue weighted by atomic mass is 9.78. The highest BCUT2D eigenvalue weighted by Crippen LogP contribution is 2.37. The van der Waals surface area contributed by atoms with Crippen LogP contribution in [0.5, 0.6) is 5.75 Å². The van der Waals surface area contributed by atoms with Crippen LogP contribution in [-0.4, -0.2) is 5.11 Å². The van der Waals surface area contributed by atoms with Gasteiger partial charge in [-0.3, -0.25) is 0 Å². The van der Waals surface area contributed by atoms with Crippen molar-refractivity contribution in [3.8, 4) is 5.75 Å². The van der Waals surface area contributed by atoms with Gasteiger partial charge in [-0.15, -0.1) is 0 Å². The van der Waals surface area contributed by atoms with Crippen molar-refractivity contribution in [1.82, 2.24) is 0 Å². The Labute approximate surface area is 185 Å². The summed E-state index contributed by atoms with van der Waals surface area (Å²) in [6.45, 7) is 8.65. The van der Waals surface area contributed by atoms with Crippen molar-refractivity contribution in [2.24, 2.45) is 0 Å². The van der Waals surface area contributed by atoms with Crippen LogP contribution in [0.2, 0.25) is 0 Å². The second-order valence-electron chi connectivity index (χ2n) is 8.73. The molecule has 4 rings (SSSR count). The number of rotatable bonds is 5. The van der Waals surface area contributed by atoms with Gasteiger partial charge in [-0.25, -0.2) is 0 Å². The number of phenols is 1. The van der Waals surface area contributed by atoms with Crippen LogP contribution < -0.4 is 4.90 Å². The molecule has 31 heavy (non-hydrogen) atoms. The molecule has 0 saturated carbocycles. The number of aryl methyl sites for hydroxylation is 2. The minimum absolute atomic E-state index is 0.162. The van der Waals surface area contributed by atoms with E-state index in [4.69, 9.17) is 0 Å². The quantitative estimate of drug-likeness (QED) is 0.365. The van der Waals surface area contributed by atoms with E-state index < -0.39 is 0 Å². The first kappa shape index (κ1) is 20.7. The van der Waals surface area contributed by atoms with Gasteiger partial charge in [0, 0.05) is 22.5 Å². The average molecular weight is 408 g/mol. The number of phenolic OH excluding ortho intramolecular Hbond substituents is 1. The molecule has 156 valence electrons. The van der Waals surface area contributed by atoms with E-state index in [-0.39, 0.29) is 5.41 Å². The molecule has 0 unspecified atom stereocenters. The Morgan fingerprint density at radius 3 is 1.23 bits per heavy atom. The second-order valence-corrected chi connectivity index (χ2v) is 8.73. The highest BCUT2D eigenvalue weighted by atomic mass is 16.3. The van der Waals surface area contributed by atoms with E-state index in [1.54, 1.807) is 12.1 Å². The fourth-order valence-corrected chi connectivity index (χ4v) is 3.91. The maximum absolute atomic E-state index is 9.64. The first-order chi connectivity index (χ1) is 14.8. The van der Waals surface area contributed by atoms with E-state index in [9.17, 15) is 5.11 Å². The SMILES string of the molecule is Cc1ccc(N(c2ccc(C)cc2)c2ccc(C(C)(C)c3ccc(O)cc3)cc2)cc1. The number of benzene rings is 4. The van der Waals surface area contributed by atoms with Crippen molar-refractivity contribution in [2.45, 2.75) is 33.1 Å². The molecule has 2 heteroatoms. The molecule has 0 aliphatic carbocycles. The monoisotopic (exact) mass is 407 g/mol. The summed E-state index contributed by atoms with van der Waals surface area (Å²) < 4.78 is 0. The van der Waals surface area contributed by atoms with Crippen LogP contribution in [0.1, 0.15) is 36.1 Å². The third-order valence-electron chi connectivity index (χ3n) is 6.02. The normalized spacial score (nSPS) is 11.4. The zero-order chi connectivity index (χ0) is 22.0. The molecule has 0 saturated heterocycles. The van der Waals surface area contributed by atoms with Gasteiger partial charge in [0.15, 0.2) is 0 Å². The van der Waals surface area contributed by atoms with Crippen LogP contribution in [0.25, 0.3) is 0 Å². The van der Waals surface area contributed by atoms with Crippen LogP contribution in [0.3, 0.4) is 0 Å². The first-order valence-electron chi connectivity index (χ1n) is 10.7. The van der Waals surface area contributed by atoms with Gasteiger partial charge >= 0.3 is 0 Å². The molecule has 0 fully saturated rings. The number of anilines is 3. The van der Waals surface area contributed by atoms with Crippen LogP contribution in [0, 0.1) is 13.8 Å². The maximum atomic E-state index is 9.64. The Bertz CT molecular complexity index is 1090. The molecular weight excluding hydrogens is 378 g/mol. The summed E-state index contributed by atoms with van der Waals surface area (Å²) in [4.78, 5) is 2.29. The van der Waals surface area contributed by atoms with Crippen molar-refractivity contribution >= 4 is 17.1 Å². The highest BCUT2D eigenvalue weighted by molar-refractivity contribution is 5.76. The van der Waals surface area contributed by atoms with Gasteiger partial charge in [-0.2, -0.15) is 0 Å². The van der Waals surface area contributed by atoms with Crippen molar-refractivity contribution in [2.75, 3.05) is 4.90 Å². The van der Waals surface area contributed by atoms with Crippen LogP contribution in [0.4, 0.5) is 17.1 Å². The molecule has 0 aliphatic heterocycles. The van der Waals surface area contributed by atoms with Gasteiger partial charge in [0.2, 0.25) is 0 Å². The molecule has 0 spiro atoms. The smallest absolute Gasteiger partial charge is 0.115 e. The predicted molar refractivity (Wildman–Crippen MR) is 131 cm³/mol. The molecule has 4 aromatic rings. The number of hydrogen-bond acceptors (Lipinski definition) is 2. The van der Waals surface area contributed by atoms with Gasteiger partial charge < -0.3 is 10.0 Å². The molecule has 0 radical (unpaired) electrons. The van der Waals surface area contributed by atoms with Crippen LogP contribution in [0.15, 0.2) is 97.1 Å². The summed E-state index contributed by atoms with van der Waals surface area (Å²) in [5, 5.41) is 9.64. The molecule has 0 atom stereocenters. The van der Waals surface area contributed by atoms with Crippen LogP contribution in [-0.2, 0) is 5.41 Å². The van der Waals surface area contributed by atoms with Gasteiger partial charge in [0.1, 0.15) is 5.75 Å². The summed E-state index contributed by atoms with van der Waals surface area (Å²) in [5.41, 5.74) is 8.14. The van der Waals surface area contributed by atoms with Crippen molar-refractivity contribution < 1.29 is 5.11 Å². The number of aromatic hydroxyl groups is 1. The minimum Gasteiger partial charge on any atom is -0.508 e. The number of hydrogen-bond donors (Lipinski definition) is 1. The Hall–Kier alpha value is -3.52. The minimum atomic E-state index is -0.162. The lowest BCUT2D eigenvalue weighted by Crippen LogP contribution is -2.19. The molecule has 0 aromatic heterocycles. The third-order valence-corrected chi connectivity index (χ3v) is 6.02. The maximum Gasteiger partial charge on any atom is 0.115 e. The summed E-state index contributed by atoms with van der Waals surface area (Å²) in [5.74, 6) is 0.293. The molecule has 0 amide bonds. The van der Waals surface area contributed by atoms with Crippen molar-refractivity contribution in [3.05, 3.63) is 119 Å². The standard InChI is InChI=1S/C29H29NO/c1-21-5-13-25(14-6-21)30(26-15-7-22(2)8-16-26)27-17-9-23(10-18-27)29(3,4)24-11-19-28(31)20-12-24/h5-20,31H,1-4H3. The highest BCUT2D eigenvalue weighted by Gasteiger charge is 2.23. The summed E-state index contributed by atoms with van der Waals surface area (Å²) in [6.07, 6.45) is 0. The molecule has 0 bridgehead atoms. The topological polar surface area (TPSA) is 23.5 Å². The Morgan fingerprint density at radius 1 is 0.516 bits per heavy atom. The molecule has 0 heterocycles. The summed E-state index contributed by atoms with van der Waals surface area (Å²) >= 11 is 0. The van der Waals surface area contributed by atoms with Crippen molar-refractivity contribution in [3.63, 3.8) is 0 Å². The Balaban J connectivity index is 1.73. The zero-order valence-corrected chi connectivity index (χ0v) is 18.6. The van der Waals surface area contributed by atoms with E-state index >= 15 is 0 Å². The summed E-state index contributed by atoms with van der Waals surface area (Å²) in [7, 11) is 0. The van der Waals surface area contributed by atoms with E-state index in [1.807, 2.05) is 12.1 Å². The van der Waals surface area contributed by atoms with Gasteiger partial charge in [-0.1, -0.05) is 73.5 Å². The van der Waals surface area contributed by atoms with Crippen molar-refractivity contribution in [1.29, 1.82) is 0 Å². The van der Waals surface area contributed by atoms with Gasteiger partial charge in [0.05, 0.1) is 0 Å². The average Bonchev–Trinajstić information content (AvgIpc) is 2.77. The molecule has 2 nitrogen and oxygen atoms in total. The van der Waals surface area contributed by atoms with Gasteiger partial charge in [0.25, 0.3) is 0 Å². The van der Waals surface area contributed by atoms with Crippen LogP contribution >= 0.6 is 0 Å². The van der Waals surface area contributed by atoms with E-state index in [0.29, 0.717) is 5.75 Å². The molecule has 4 aromatic carbocycles. The zero-order valence-electron chi connectivity index (χ0n) is 18.6. The second kappa shape index (κ2) is 8.31. The first-order valence-corrected chi connectivity index (χ1v) is 10.7. The van der Waals surface area contributed by atoms with E-state index in [1.165, 1.54) is 22.3 Å². The largest absolute Gasteiger partial charge is 0.508 e. The predicted octanol–water partition coefficient (Wildman–Crippen LogP) is 7.80. The molecular formula is C29H29NO. The molecule has 1 N–H and O–H groups in total. The Morgan fingerprint density at radius 2 is 0.839 bits per heavy atom. The van der Waals surface area contributed by atoms with Gasteiger partial charge in [-0.05, 0) is 73.5 Å². The van der Waals surface area contributed by atoms with E-state index in [2.05, 4.69) is 105 Å².